The van der Waals surface area contributed by atoms with Crippen molar-refractivity contribution < 1.29 is 27.1 Å². The van der Waals surface area contributed by atoms with Gasteiger partial charge in [-0.2, -0.15) is 13.2 Å². The molecule has 0 rings (SSSR count). The van der Waals surface area contributed by atoms with Gasteiger partial charge >= 0.3 is 12.3 Å². The normalized spacial score (nSPS) is 16.2. The number of amides is 1. The first-order valence-electron chi connectivity index (χ1n) is 3.09. The molecule has 0 fully saturated rings. The third kappa shape index (κ3) is 2.72. The molecule has 1 unspecified atom stereocenters. The Bertz CT molecular complexity index is 195. The fraction of sp³-hybridized carbons (Fsp3) is 0.800. The number of halogens is 4. The van der Waals surface area contributed by atoms with Gasteiger partial charge in [-0.15, -0.1) is 0 Å². The Labute approximate surface area is 71.0 Å². The zero-order valence-corrected chi connectivity index (χ0v) is 6.61. The van der Waals surface area contributed by atoms with Crippen molar-refractivity contribution in [2.45, 2.75) is 18.7 Å². The van der Waals surface area contributed by atoms with E-state index in [-0.39, 0.29) is 0 Å². The van der Waals surface area contributed by atoms with Crippen molar-refractivity contribution in [3.05, 3.63) is 0 Å². The molecule has 0 aliphatic heterocycles. The van der Waals surface area contributed by atoms with Crippen LogP contribution >= 0.6 is 0 Å². The van der Waals surface area contributed by atoms with E-state index in [4.69, 9.17) is 0 Å². The molecule has 0 saturated carbocycles. The molecule has 0 aromatic heterocycles. The van der Waals surface area contributed by atoms with E-state index in [2.05, 4.69) is 10.6 Å². The third-order valence-electron chi connectivity index (χ3n) is 1.29. The van der Waals surface area contributed by atoms with Gasteiger partial charge in [-0.25, -0.2) is 15.0 Å². The van der Waals surface area contributed by atoms with Crippen LogP contribution in [-0.2, 0) is 4.74 Å². The minimum absolute atomic E-state index is 0.405. The molecule has 1 amide bonds. The van der Waals surface area contributed by atoms with Crippen LogP contribution < -0.4 is 11.3 Å². The number of hydrogen-bond donors (Lipinski definition) is 2. The van der Waals surface area contributed by atoms with Crippen molar-refractivity contribution in [3.8, 4) is 0 Å². The van der Waals surface area contributed by atoms with Crippen LogP contribution in [0.4, 0.5) is 22.4 Å². The molecule has 8 heteroatoms. The molecular formula is C5H8F4N2O2. The van der Waals surface area contributed by atoms with Crippen molar-refractivity contribution in [2.24, 2.45) is 5.84 Å². The summed E-state index contributed by atoms with van der Waals surface area (Å²) < 4.78 is 51.7. The summed E-state index contributed by atoms with van der Waals surface area (Å²) in [5.74, 6) is 4.46. The maximum absolute atomic E-state index is 12.0. The number of hydrogen-bond acceptors (Lipinski definition) is 3. The van der Waals surface area contributed by atoms with E-state index in [0.717, 1.165) is 0 Å². The van der Waals surface area contributed by atoms with Crippen LogP contribution in [0.3, 0.4) is 0 Å². The maximum atomic E-state index is 12.0. The predicted octanol–water partition coefficient (Wildman–Crippen LogP) is 0.877. The Hall–Kier alpha value is -1.05. The average Bonchev–Trinajstić information content (AvgIpc) is 2.02. The van der Waals surface area contributed by atoms with Crippen molar-refractivity contribution in [1.82, 2.24) is 5.43 Å². The monoisotopic (exact) mass is 204 g/mol. The number of carbonyl (C=O) groups excluding carboxylic acids is 1. The molecular weight excluding hydrogens is 196 g/mol. The molecule has 0 bridgehead atoms. The van der Waals surface area contributed by atoms with Crippen LogP contribution in [0, 0.1) is 0 Å². The Morgan fingerprint density at radius 1 is 1.54 bits per heavy atom. The molecule has 0 aromatic rings. The smallest absolute Gasteiger partial charge is 0.430 e. The summed E-state index contributed by atoms with van der Waals surface area (Å²) in [6.45, 7) is -1.47. The summed E-state index contributed by atoms with van der Waals surface area (Å²) in [6, 6.07) is 0. The largest absolute Gasteiger partial charge is 0.430 e. The first kappa shape index (κ1) is 11.9. The minimum Gasteiger partial charge on any atom is -0.430 e. The number of ether oxygens (including phenoxy) is 1. The van der Waals surface area contributed by atoms with Crippen LogP contribution in [0.2, 0.25) is 0 Å². The van der Waals surface area contributed by atoms with Gasteiger partial charge in [-0.05, 0) is 6.92 Å². The summed E-state index contributed by atoms with van der Waals surface area (Å²) in [6.07, 6.45) is -6.52. The Morgan fingerprint density at radius 3 is 2.23 bits per heavy atom. The lowest BCUT2D eigenvalue weighted by molar-refractivity contribution is -0.255. The average molecular weight is 204 g/mol. The zero-order chi connectivity index (χ0) is 10.7. The summed E-state index contributed by atoms with van der Waals surface area (Å²) in [7, 11) is 0. The number of carbonyl (C=O) groups is 1. The van der Waals surface area contributed by atoms with Gasteiger partial charge in [-0.1, -0.05) is 0 Å². The lowest BCUT2D eigenvalue weighted by Crippen LogP contribution is -2.51. The molecule has 78 valence electrons. The standard InChI is InChI=1S/C5H8F4N2O2/c1-4(2-6,5(7,8)9)13-3(12)11-10/h2,10H2,1H3,(H,11,12). The highest BCUT2D eigenvalue weighted by Crippen LogP contribution is 2.33. The number of rotatable bonds is 2. The highest BCUT2D eigenvalue weighted by molar-refractivity contribution is 5.66. The van der Waals surface area contributed by atoms with Crippen molar-refractivity contribution in [3.63, 3.8) is 0 Å². The molecule has 4 nitrogen and oxygen atoms in total. The molecule has 0 aliphatic rings. The lowest BCUT2D eigenvalue weighted by atomic mass is 10.1. The van der Waals surface area contributed by atoms with Crippen LogP contribution in [0.25, 0.3) is 0 Å². The van der Waals surface area contributed by atoms with E-state index >= 15 is 0 Å². The van der Waals surface area contributed by atoms with Gasteiger partial charge in [0.15, 0.2) is 0 Å². The van der Waals surface area contributed by atoms with E-state index in [0.29, 0.717) is 6.92 Å². The summed E-state index contributed by atoms with van der Waals surface area (Å²) in [4.78, 5) is 10.3. The number of hydrazine groups is 1. The van der Waals surface area contributed by atoms with Gasteiger partial charge in [-0.3, -0.25) is 5.43 Å². The Kier molecular flexibility index (Phi) is 3.47. The van der Waals surface area contributed by atoms with Gasteiger partial charge in [0.1, 0.15) is 6.67 Å². The topological polar surface area (TPSA) is 64.3 Å². The maximum Gasteiger partial charge on any atom is 0.430 e. The highest BCUT2D eigenvalue weighted by Gasteiger charge is 2.55. The lowest BCUT2D eigenvalue weighted by Gasteiger charge is -2.28. The molecule has 0 radical (unpaired) electrons. The van der Waals surface area contributed by atoms with Gasteiger partial charge in [0.2, 0.25) is 5.60 Å². The molecule has 1 atom stereocenters. The second-order valence-corrected chi connectivity index (χ2v) is 2.40. The van der Waals surface area contributed by atoms with E-state index in [1.54, 1.807) is 0 Å². The van der Waals surface area contributed by atoms with Crippen molar-refractivity contribution in [1.29, 1.82) is 0 Å². The van der Waals surface area contributed by atoms with E-state index in [1.807, 2.05) is 0 Å². The molecule has 0 aliphatic carbocycles. The first-order chi connectivity index (χ1) is 5.77. The quantitative estimate of drug-likeness (QED) is 0.303. The fourth-order valence-electron chi connectivity index (χ4n) is 0.395. The summed E-state index contributed by atoms with van der Waals surface area (Å²) >= 11 is 0. The van der Waals surface area contributed by atoms with Crippen LogP contribution in [-0.4, -0.2) is 24.5 Å². The second-order valence-electron chi connectivity index (χ2n) is 2.40. The van der Waals surface area contributed by atoms with E-state index < -0.39 is 24.5 Å². The molecule has 0 aromatic carbocycles. The van der Waals surface area contributed by atoms with Crippen molar-refractivity contribution in [2.75, 3.05) is 6.67 Å². The molecule has 0 spiro atoms. The SMILES string of the molecule is CC(CF)(OC(=O)NN)C(F)(F)F. The Morgan fingerprint density at radius 2 is 2.00 bits per heavy atom. The number of nitrogens with two attached hydrogens (primary N) is 1. The second kappa shape index (κ2) is 3.77. The molecule has 0 heterocycles. The van der Waals surface area contributed by atoms with Crippen LogP contribution in [0.5, 0.6) is 0 Å². The van der Waals surface area contributed by atoms with Gasteiger partial charge in [0.25, 0.3) is 0 Å². The predicted molar refractivity (Wildman–Crippen MR) is 34.2 cm³/mol. The fourth-order valence-corrected chi connectivity index (χ4v) is 0.395. The minimum atomic E-state index is -4.98. The summed E-state index contributed by atoms with van der Waals surface area (Å²) in [5.41, 5.74) is -1.86. The molecule has 13 heavy (non-hydrogen) atoms. The molecule has 3 N–H and O–H groups in total. The van der Waals surface area contributed by atoms with E-state index in [9.17, 15) is 22.4 Å². The number of nitrogens with one attached hydrogen (secondary N) is 1. The number of alkyl halides is 4. The molecule has 0 saturated heterocycles. The van der Waals surface area contributed by atoms with E-state index in [1.165, 1.54) is 5.43 Å². The Balaban J connectivity index is 4.56. The van der Waals surface area contributed by atoms with Crippen LogP contribution in [0.15, 0.2) is 0 Å². The van der Waals surface area contributed by atoms with Gasteiger partial charge in [0, 0.05) is 0 Å². The van der Waals surface area contributed by atoms with Crippen LogP contribution in [0.1, 0.15) is 6.92 Å². The third-order valence-corrected chi connectivity index (χ3v) is 1.29. The first-order valence-corrected chi connectivity index (χ1v) is 3.09. The highest BCUT2D eigenvalue weighted by atomic mass is 19.4. The van der Waals surface area contributed by atoms with Gasteiger partial charge < -0.3 is 4.74 Å². The zero-order valence-electron chi connectivity index (χ0n) is 6.61. The van der Waals surface area contributed by atoms with Crippen molar-refractivity contribution >= 4 is 6.09 Å². The van der Waals surface area contributed by atoms with Gasteiger partial charge in [0.05, 0.1) is 0 Å². The summed E-state index contributed by atoms with van der Waals surface area (Å²) in [5, 5.41) is 0.